The van der Waals surface area contributed by atoms with Crippen molar-refractivity contribution in [3.05, 3.63) is 70.8 Å². The van der Waals surface area contributed by atoms with Crippen molar-refractivity contribution in [3.8, 4) is 0 Å². The van der Waals surface area contributed by atoms with Crippen LogP contribution < -0.4 is 0 Å². The Morgan fingerprint density at radius 1 is 0.960 bits per heavy atom. The second kappa shape index (κ2) is 7.25. The van der Waals surface area contributed by atoms with Crippen molar-refractivity contribution in [2.45, 2.75) is 52.6 Å². The maximum absolute atomic E-state index is 13.6. The molecule has 1 unspecified atom stereocenters. The number of hydrogen-bond acceptors (Lipinski definition) is 1. The molecule has 3 rings (SSSR count). The summed E-state index contributed by atoms with van der Waals surface area (Å²) < 4.78 is 26.8. The molecule has 0 radical (unpaired) electrons. The molecule has 0 saturated carbocycles. The lowest BCUT2D eigenvalue weighted by Gasteiger charge is -2.38. The molecule has 1 aliphatic rings. The maximum atomic E-state index is 13.6. The first-order valence-electron chi connectivity index (χ1n) is 9.06. The molecule has 25 heavy (non-hydrogen) atoms. The van der Waals surface area contributed by atoms with Crippen LogP contribution in [0.2, 0.25) is 0 Å². The summed E-state index contributed by atoms with van der Waals surface area (Å²) in [6.07, 6.45) is 2.82. The minimum absolute atomic E-state index is 0.164. The van der Waals surface area contributed by atoms with Gasteiger partial charge in [-0.25, -0.2) is 8.78 Å². The van der Waals surface area contributed by atoms with Gasteiger partial charge < -0.3 is 0 Å². The van der Waals surface area contributed by atoms with Crippen LogP contribution >= 0.6 is 0 Å². The van der Waals surface area contributed by atoms with E-state index in [9.17, 15) is 8.78 Å². The van der Waals surface area contributed by atoms with E-state index < -0.39 is 0 Å². The summed E-state index contributed by atoms with van der Waals surface area (Å²) in [5.74, 6) is -0.369. The zero-order valence-electron chi connectivity index (χ0n) is 15.4. The first kappa shape index (κ1) is 18.1. The molecule has 1 heterocycles. The summed E-state index contributed by atoms with van der Waals surface area (Å²) in [7, 11) is 0. The summed E-state index contributed by atoms with van der Waals surface area (Å²) in [5.41, 5.74) is 3.75. The van der Waals surface area contributed by atoms with Crippen LogP contribution in [-0.4, -0.2) is 17.5 Å². The summed E-state index contributed by atoms with van der Waals surface area (Å²) in [6, 6.07) is 12.2. The molecule has 2 aromatic rings. The Kier molecular flexibility index (Phi) is 5.24. The minimum Gasteiger partial charge on any atom is -0.295 e. The standard InChI is InChI=1S/C22H27F2N/c1-22(2,3)10-11-25-15-17-6-9-20(24)13-18(17)14-21(25)12-16-4-7-19(23)8-5-16/h4-9,13,21H,10-12,14-15H2,1-3H3. The topological polar surface area (TPSA) is 3.24 Å². The van der Waals surface area contributed by atoms with Gasteiger partial charge in [-0.3, -0.25) is 4.90 Å². The highest BCUT2D eigenvalue weighted by atomic mass is 19.1. The molecule has 3 heteroatoms. The molecule has 0 amide bonds. The van der Waals surface area contributed by atoms with Gasteiger partial charge in [-0.2, -0.15) is 0 Å². The molecule has 0 aromatic heterocycles. The number of nitrogens with zero attached hydrogens (tertiary/aromatic N) is 1. The predicted octanol–water partition coefficient (Wildman–Crippen LogP) is 5.37. The van der Waals surface area contributed by atoms with E-state index in [2.05, 4.69) is 25.7 Å². The van der Waals surface area contributed by atoms with Crippen molar-refractivity contribution in [2.75, 3.05) is 6.54 Å². The lowest BCUT2D eigenvalue weighted by atomic mass is 9.87. The van der Waals surface area contributed by atoms with E-state index in [1.165, 1.54) is 17.7 Å². The zero-order chi connectivity index (χ0) is 18.0. The van der Waals surface area contributed by atoms with E-state index in [-0.39, 0.29) is 17.0 Å². The molecule has 0 fully saturated rings. The molecule has 1 atom stereocenters. The van der Waals surface area contributed by atoms with Gasteiger partial charge in [-0.05, 0) is 72.2 Å². The Bertz CT molecular complexity index is 716. The van der Waals surface area contributed by atoms with E-state index in [1.807, 2.05) is 18.2 Å². The molecule has 0 spiro atoms. The Balaban J connectivity index is 1.81. The van der Waals surface area contributed by atoms with E-state index in [0.717, 1.165) is 43.5 Å². The van der Waals surface area contributed by atoms with Crippen molar-refractivity contribution >= 4 is 0 Å². The summed E-state index contributed by atoms with van der Waals surface area (Å²) in [6.45, 7) is 8.66. The number of halogens is 2. The van der Waals surface area contributed by atoms with Gasteiger partial charge in [0.1, 0.15) is 11.6 Å². The fourth-order valence-electron chi connectivity index (χ4n) is 3.50. The first-order valence-corrected chi connectivity index (χ1v) is 9.06. The monoisotopic (exact) mass is 343 g/mol. The van der Waals surface area contributed by atoms with Crippen molar-refractivity contribution < 1.29 is 8.78 Å². The number of fused-ring (bicyclic) bond motifs is 1. The third-order valence-corrected chi connectivity index (χ3v) is 5.05. The smallest absolute Gasteiger partial charge is 0.123 e. The largest absolute Gasteiger partial charge is 0.295 e. The van der Waals surface area contributed by atoms with Crippen LogP contribution in [0.25, 0.3) is 0 Å². The second-order valence-electron chi connectivity index (χ2n) is 8.38. The van der Waals surface area contributed by atoms with Crippen LogP contribution in [0.15, 0.2) is 42.5 Å². The molecule has 2 aromatic carbocycles. The van der Waals surface area contributed by atoms with Gasteiger partial charge in [0.25, 0.3) is 0 Å². The van der Waals surface area contributed by atoms with Crippen LogP contribution in [0, 0.1) is 17.0 Å². The molecule has 0 saturated heterocycles. The van der Waals surface area contributed by atoms with E-state index in [4.69, 9.17) is 0 Å². The van der Waals surface area contributed by atoms with E-state index >= 15 is 0 Å². The molecular weight excluding hydrogens is 316 g/mol. The third kappa shape index (κ3) is 4.88. The first-order chi connectivity index (χ1) is 11.8. The summed E-state index contributed by atoms with van der Waals surface area (Å²) in [5, 5.41) is 0. The van der Waals surface area contributed by atoms with Crippen molar-refractivity contribution in [1.29, 1.82) is 0 Å². The summed E-state index contributed by atoms with van der Waals surface area (Å²) >= 11 is 0. The Labute approximate surface area is 149 Å². The van der Waals surface area contributed by atoms with Gasteiger partial charge in [0, 0.05) is 12.6 Å². The lowest BCUT2D eigenvalue weighted by molar-refractivity contribution is 0.147. The number of benzene rings is 2. The van der Waals surface area contributed by atoms with Crippen molar-refractivity contribution in [1.82, 2.24) is 4.90 Å². The highest BCUT2D eigenvalue weighted by molar-refractivity contribution is 5.31. The minimum atomic E-state index is -0.204. The highest BCUT2D eigenvalue weighted by Gasteiger charge is 2.27. The maximum Gasteiger partial charge on any atom is 0.123 e. The van der Waals surface area contributed by atoms with Gasteiger partial charge in [-0.1, -0.05) is 39.0 Å². The van der Waals surface area contributed by atoms with Crippen LogP contribution in [0.1, 0.15) is 43.9 Å². The molecule has 134 valence electrons. The van der Waals surface area contributed by atoms with Crippen LogP contribution in [0.5, 0.6) is 0 Å². The van der Waals surface area contributed by atoms with Gasteiger partial charge in [0.05, 0.1) is 0 Å². The predicted molar refractivity (Wildman–Crippen MR) is 98.5 cm³/mol. The van der Waals surface area contributed by atoms with Gasteiger partial charge in [0.2, 0.25) is 0 Å². The molecule has 0 aliphatic carbocycles. The van der Waals surface area contributed by atoms with Crippen molar-refractivity contribution in [3.63, 3.8) is 0 Å². The fraction of sp³-hybridized carbons (Fsp3) is 0.455. The van der Waals surface area contributed by atoms with E-state index in [1.54, 1.807) is 12.1 Å². The average molecular weight is 343 g/mol. The van der Waals surface area contributed by atoms with Gasteiger partial charge in [0.15, 0.2) is 0 Å². The number of rotatable bonds is 4. The highest BCUT2D eigenvalue weighted by Crippen LogP contribution is 2.28. The number of hydrogen-bond donors (Lipinski definition) is 0. The lowest BCUT2D eigenvalue weighted by Crippen LogP contribution is -2.43. The third-order valence-electron chi connectivity index (χ3n) is 5.05. The zero-order valence-corrected chi connectivity index (χ0v) is 15.4. The molecule has 0 bridgehead atoms. The normalized spacial score (nSPS) is 18.2. The Morgan fingerprint density at radius 2 is 1.64 bits per heavy atom. The fourth-order valence-corrected chi connectivity index (χ4v) is 3.50. The molecule has 0 N–H and O–H groups in total. The van der Waals surface area contributed by atoms with Gasteiger partial charge >= 0.3 is 0 Å². The molecule has 1 aliphatic heterocycles. The Morgan fingerprint density at radius 3 is 2.32 bits per heavy atom. The second-order valence-corrected chi connectivity index (χ2v) is 8.38. The van der Waals surface area contributed by atoms with Crippen LogP contribution in [0.3, 0.4) is 0 Å². The quantitative estimate of drug-likeness (QED) is 0.721. The van der Waals surface area contributed by atoms with Gasteiger partial charge in [-0.15, -0.1) is 0 Å². The molecule has 1 nitrogen and oxygen atoms in total. The van der Waals surface area contributed by atoms with Crippen LogP contribution in [-0.2, 0) is 19.4 Å². The Hall–Kier alpha value is -1.74. The van der Waals surface area contributed by atoms with E-state index in [0.29, 0.717) is 6.04 Å². The summed E-state index contributed by atoms with van der Waals surface area (Å²) in [4.78, 5) is 2.51. The van der Waals surface area contributed by atoms with Crippen LogP contribution in [0.4, 0.5) is 8.78 Å². The van der Waals surface area contributed by atoms with Crippen molar-refractivity contribution in [2.24, 2.45) is 5.41 Å². The average Bonchev–Trinajstić information content (AvgIpc) is 2.54. The molecular formula is C22H27F2N. The SMILES string of the molecule is CC(C)(C)CCN1Cc2ccc(F)cc2CC1Cc1ccc(F)cc1.